The smallest absolute Gasteiger partial charge is 0.330 e. The highest BCUT2D eigenvalue weighted by atomic mass is 35.5. The Morgan fingerprint density at radius 1 is 1.19 bits per heavy atom. The number of morpholine rings is 1. The van der Waals surface area contributed by atoms with Crippen LogP contribution in [0.5, 0.6) is 0 Å². The second-order valence-electron chi connectivity index (χ2n) is 6.23. The molecule has 1 aliphatic rings. The van der Waals surface area contributed by atoms with Crippen molar-refractivity contribution in [2.24, 2.45) is 0 Å². The largest absolute Gasteiger partial charge is 0.460 e. The van der Waals surface area contributed by atoms with E-state index < -0.39 is 0 Å². The zero-order valence-electron chi connectivity index (χ0n) is 14.5. The molecule has 1 fully saturated rings. The lowest BCUT2D eigenvalue weighted by Crippen LogP contribution is -2.44. The number of hydrogen-bond donors (Lipinski definition) is 0. The van der Waals surface area contributed by atoms with Crippen LogP contribution in [0.4, 0.5) is 0 Å². The third-order valence-corrected chi connectivity index (χ3v) is 4.42. The third-order valence-electron chi connectivity index (χ3n) is 4.17. The molecule has 4 nitrogen and oxygen atoms in total. The molecule has 136 valence electrons. The molecule has 0 saturated carbocycles. The maximum absolute atomic E-state index is 11.9. The monoisotopic (exact) mass is 371 g/mol. The molecule has 0 aromatic heterocycles. The summed E-state index contributed by atoms with van der Waals surface area (Å²) in [5.41, 5.74) is 2.17. The number of rotatable bonds is 6. The lowest BCUT2D eigenvalue weighted by Gasteiger charge is -2.32. The van der Waals surface area contributed by atoms with Crippen molar-refractivity contribution in [3.63, 3.8) is 0 Å². The van der Waals surface area contributed by atoms with Crippen LogP contribution in [0.2, 0.25) is 5.02 Å². The fourth-order valence-electron chi connectivity index (χ4n) is 2.83. The van der Waals surface area contributed by atoms with Crippen molar-refractivity contribution >= 4 is 23.6 Å². The molecular weight excluding hydrogens is 350 g/mol. The van der Waals surface area contributed by atoms with Gasteiger partial charge in [0.15, 0.2) is 0 Å². The minimum Gasteiger partial charge on any atom is -0.460 e. The summed E-state index contributed by atoms with van der Waals surface area (Å²) in [7, 11) is 0. The first-order valence-corrected chi connectivity index (χ1v) is 9.05. The van der Waals surface area contributed by atoms with Gasteiger partial charge in [-0.3, -0.25) is 4.90 Å². The summed E-state index contributed by atoms with van der Waals surface area (Å²) in [4.78, 5) is 14.2. The molecule has 0 bridgehead atoms. The number of esters is 1. The van der Waals surface area contributed by atoms with Crippen LogP contribution in [-0.2, 0) is 20.8 Å². The van der Waals surface area contributed by atoms with E-state index in [1.165, 1.54) is 11.6 Å². The summed E-state index contributed by atoms with van der Waals surface area (Å²) >= 11 is 5.84. The Labute approximate surface area is 159 Å². The number of nitrogens with zero attached hydrogens (tertiary/aromatic N) is 1. The molecule has 1 aliphatic heterocycles. The maximum Gasteiger partial charge on any atom is 0.330 e. The van der Waals surface area contributed by atoms with Gasteiger partial charge in [-0.05, 0) is 29.3 Å². The Morgan fingerprint density at radius 3 is 2.73 bits per heavy atom. The molecule has 0 radical (unpaired) electrons. The molecule has 1 atom stereocenters. The Kier molecular flexibility index (Phi) is 6.83. The molecule has 1 saturated heterocycles. The highest BCUT2D eigenvalue weighted by Crippen LogP contribution is 2.12. The second kappa shape index (κ2) is 9.53. The van der Waals surface area contributed by atoms with Gasteiger partial charge >= 0.3 is 5.97 Å². The quantitative estimate of drug-likeness (QED) is 0.572. The number of hydrogen-bond acceptors (Lipinski definition) is 4. The number of benzene rings is 2. The Balaban J connectivity index is 1.43. The van der Waals surface area contributed by atoms with Crippen LogP contribution in [0.25, 0.3) is 6.08 Å². The van der Waals surface area contributed by atoms with E-state index in [0.29, 0.717) is 11.6 Å². The summed E-state index contributed by atoms with van der Waals surface area (Å²) < 4.78 is 11.0. The lowest BCUT2D eigenvalue weighted by atomic mass is 10.2. The van der Waals surface area contributed by atoms with Gasteiger partial charge in [0, 0.05) is 30.7 Å². The van der Waals surface area contributed by atoms with Gasteiger partial charge < -0.3 is 9.47 Å². The molecule has 0 unspecified atom stereocenters. The highest BCUT2D eigenvalue weighted by Gasteiger charge is 2.21. The normalized spacial score (nSPS) is 18.1. The van der Waals surface area contributed by atoms with E-state index >= 15 is 0 Å². The van der Waals surface area contributed by atoms with Gasteiger partial charge in [0.1, 0.15) is 12.7 Å². The second-order valence-corrected chi connectivity index (χ2v) is 6.66. The first-order valence-electron chi connectivity index (χ1n) is 8.67. The maximum atomic E-state index is 11.9. The Hall–Kier alpha value is -2.14. The van der Waals surface area contributed by atoms with Crippen LogP contribution in [0, 0.1) is 0 Å². The number of halogens is 1. The summed E-state index contributed by atoms with van der Waals surface area (Å²) in [6, 6.07) is 17.6. The molecule has 2 aromatic carbocycles. The zero-order chi connectivity index (χ0) is 18.2. The Bertz CT molecular complexity index is 731. The van der Waals surface area contributed by atoms with Crippen LogP contribution in [0.15, 0.2) is 60.7 Å². The predicted molar refractivity (Wildman–Crippen MR) is 103 cm³/mol. The predicted octanol–water partition coefficient (Wildman–Crippen LogP) is 3.80. The molecule has 2 aromatic rings. The van der Waals surface area contributed by atoms with E-state index in [2.05, 4.69) is 17.0 Å². The van der Waals surface area contributed by atoms with Gasteiger partial charge in [0.25, 0.3) is 0 Å². The van der Waals surface area contributed by atoms with E-state index in [4.69, 9.17) is 21.1 Å². The SMILES string of the molecule is O=C(/C=C/c1ccc(Cl)cc1)OC[C@H]1CN(Cc2ccccc2)CCO1. The number of carbonyl (C=O) groups is 1. The Morgan fingerprint density at radius 2 is 1.96 bits per heavy atom. The van der Waals surface area contributed by atoms with Gasteiger partial charge in [-0.15, -0.1) is 0 Å². The number of carbonyl (C=O) groups excluding carboxylic acids is 1. The van der Waals surface area contributed by atoms with E-state index in [1.54, 1.807) is 18.2 Å². The molecular formula is C21H22ClNO3. The van der Waals surface area contributed by atoms with Crippen molar-refractivity contribution in [2.45, 2.75) is 12.6 Å². The van der Waals surface area contributed by atoms with Crippen molar-refractivity contribution in [3.8, 4) is 0 Å². The van der Waals surface area contributed by atoms with Gasteiger partial charge in [0.05, 0.1) is 6.61 Å². The van der Waals surface area contributed by atoms with Gasteiger partial charge in [-0.2, -0.15) is 0 Å². The molecule has 0 aliphatic carbocycles. The minimum atomic E-state index is -0.372. The van der Waals surface area contributed by atoms with E-state index in [1.807, 2.05) is 30.3 Å². The molecule has 3 rings (SSSR count). The molecule has 0 spiro atoms. The van der Waals surface area contributed by atoms with E-state index in [-0.39, 0.29) is 18.7 Å². The van der Waals surface area contributed by atoms with Crippen molar-refractivity contribution in [2.75, 3.05) is 26.3 Å². The van der Waals surface area contributed by atoms with Crippen LogP contribution < -0.4 is 0 Å². The summed E-state index contributed by atoms with van der Waals surface area (Å²) in [5, 5.41) is 0.666. The van der Waals surface area contributed by atoms with Crippen LogP contribution in [0.1, 0.15) is 11.1 Å². The van der Waals surface area contributed by atoms with E-state index in [9.17, 15) is 4.79 Å². The first-order chi connectivity index (χ1) is 12.7. The topological polar surface area (TPSA) is 38.8 Å². The average molecular weight is 372 g/mol. The van der Waals surface area contributed by atoms with Gasteiger partial charge in [-0.1, -0.05) is 54.1 Å². The van der Waals surface area contributed by atoms with E-state index in [0.717, 1.165) is 25.2 Å². The molecule has 1 heterocycles. The fraction of sp³-hybridized carbons (Fsp3) is 0.286. The lowest BCUT2D eigenvalue weighted by molar-refractivity contribution is -0.144. The van der Waals surface area contributed by atoms with Crippen molar-refractivity contribution in [1.82, 2.24) is 4.90 Å². The summed E-state index contributed by atoms with van der Waals surface area (Å²) in [6.45, 7) is 3.43. The molecule has 26 heavy (non-hydrogen) atoms. The third kappa shape index (κ3) is 5.99. The molecule has 0 amide bonds. The average Bonchev–Trinajstić information content (AvgIpc) is 2.67. The highest BCUT2D eigenvalue weighted by molar-refractivity contribution is 6.30. The van der Waals surface area contributed by atoms with Crippen LogP contribution in [0.3, 0.4) is 0 Å². The van der Waals surface area contributed by atoms with Crippen LogP contribution in [-0.4, -0.2) is 43.3 Å². The molecule has 5 heteroatoms. The van der Waals surface area contributed by atoms with Crippen molar-refractivity contribution < 1.29 is 14.3 Å². The zero-order valence-corrected chi connectivity index (χ0v) is 15.3. The standard InChI is InChI=1S/C21H22ClNO3/c22-19-9-6-17(7-10-19)8-11-21(24)26-16-20-15-23(12-13-25-20)14-18-4-2-1-3-5-18/h1-11,20H,12-16H2/b11-8+/t20-/m1/s1. The minimum absolute atomic E-state index is 0.0969. The fourth-order valence-corrected chi connectivity index (χ4v) is 2.95. The number of ether oxygens (including phenoxy) is 2. The molecule has 0 N–H and O–H groups in total. The summed E-state index contributed by atoms with van der Waals surface area (Å²) in [6.07, 6.45) is 3.04. The first kappa shape index (κ1) is 18.6. The van der Waals surface area contributed by atoms with Crippen molar-refractivity contribution in [1.29, 1.82) is 0 Å². The van der Waals surface area contributed by atoms with Gasteiger partial charge in [-0.25, -0.2) is 4.79 Å². The van der Waals surface area contributed by atoms with Crippen molar-refractivity contribution in [3.05, 3.63) is 76.8 Å². The van der Waals surface area contributed by atoms with Crippen LogP contribution >= 0.6 is 11.6 Å². The summed E-state index contributed by atoms with van der Waals surface area (Å²) in [5.74, 6) is -0.372. The van der Waals surface area contributed by atoms with Gasteiger partial charge in [0.2, 0.25) is 0 Å².